The number of carbonyl (C=O) groups is 2. The number of nitrogens with zero attached hydrogens (tertiary/aromatic N) is 1. The quantitative estimate of drug-likeness (QED) is 0.786. The maximum absolute atomic E-state index is 11.9. The highest BCUT2D eigenvalue weighted by molar-refractivity contribution is 7.99. The number of benzene rings is 1. The number of hydrogen-bond donors (Lipinski definition) is 1. The molecule has 110 valence electrons. The van der Waals surface area contributed by atoms with Gasteiger partial charge < -0.3 is 10.0 Å². The molecule has 0 bridgehead atoms. The number of carboxylic acids is 1. The first-order valence-corrected chi connectivity index (χ1v) is 7.55. The van der Waals surface area contributed by atoms with Gasteiger partial charge in [-0.25, -0.2) is 0 Å². The van der Waals surface area contributed by atoms with E-state index in [1.54, 1.807) is 25.7 Å². The van der Waals surface area contributed by atoms with Crippen LogP contribution in [0.3, 0.4) is 0 Å². The number of aryl methyl sites for hydroxylation is 1. The van der Waals surface area contributed by atoms with E-state index in [4.69, 9.17) is 5.11 Å². The summed E-state index contributed by atoms with van der Waals surface area (Å²) < 4.78 is 0. The Morgan fingerprint density at radius 3 is 2.45 bits per heavy atom. The fourth-order valence-corrected chi connectivity index (χ4v) is 2.51. The number of rotatable bonds is 7. The van der Waals surface area contributed by atoms with Crippen LogP contribution >= 0.6 is 11.8 Å². The van der Waals surface area contributed by atoms with Crippen molar-refractivity contribution in [3.63, 3.8) is 0 Å². The van der Waals surface area contributed by atoms with Crippen LogP contribution in [0.1, 0.15) is 18.9 Å². The molecule has 0 aliphatic heterocycles. The first-order valence-electron chi connectivity index (χ1n) is 6.56. The number of hydrogen-bond acceptors (Lipinski definition) is 3. The van der Waals surface area contributed by atoms with E-state index >= 15 is 0 Å². The Kier molecular flexibility index (Phi) is 6.58. The average Bonchev–Trinajstić information content (AvgIpc) is 2.40. The predicted molar refractivity (Wildman–Crippen MR) is 81.0 cm³/mol. The molecule has 1 aromatic rings. The Labute approximate surface area is 124 Å². The zero-order valence-electron chi connectivity index (χ0n) is 12.1. The van der Waals surface area contributed by atoms with Crippen LogP contribution in [0, 0.1) is 12.8 Å². The summed E-state index contributed by atoms with van der Waals surface area (Å²) >= 11 is 1.64. The minimum absolute atomic E-state index is 0.0160. The molecule has 0 aliphatic carbocycles. The molecule has 1 amide bonds. The van der Waals surface area contributed by atoms with Crippen LogP contribution in [0.4, 0.5) is 0 Å². The second-order valence-corrected chi connectivity index (χ2v) is 6.09. The third kappa shape index (κ3) is 5.65. The lowest BCUT2D eigenvalue weighted by molar-refractivity contribution is -0.142. The number of amides is 1. The van der Waals surface area contributed by atoms with Gasteiger partial charge in [-0.2, -0.15) is 0 Å². The van der Waals surface area contributed by atoms with Crippen molar-refractivity contribution in [3.8, 4) is 0 Å². The Balaban J connectivity index is 2.32. The lowest BCUT2D eigenvalue weighted by atomic mass is 10.2. The van der Waals surface area contributed by atoms with Crippen LogP contribution in [-0.4, -0.2) is 41.2 Å². The fourth-order valence-electron chi connectivity index (χ4n) is 1.67. The van der Waals surface area contributed by atoms with Gasteiger partial charge in [0.25, 0.3) is 0 Å². The van der Waals surface area contributed by atoms with Crippen LogP contribution in [0.25, 0.3) is 0 Å². The van der Waals surface area contributed by atoms with E-state index < -0.39 is 11.9 Å². The van der Waals surface area contributed by atoms with Crippen LogP contribution in [-0.2, 0) is 9.59 Å². The smallest absolute Gasteiger partial charge is 0.308 e. The van der Waals surface area contributed by atoms with E-state index in [2.05, 4.69) is 0 Å². The lowest BCUT2D eigenvalue weighted by Crippen LogP contribution is -2.33. The molecule has 0 spiro atoms. The molecule has 1 unspecified atom stereocenters. The van der Waals surface area contributed by atoms with Gasteiger partial charge in [-0.1, -0.05) is 24.6 Å². The highest BCUT2D eigenvalue weighted by Crippen LogP contribution is 2.19. The second-order valence-electron chi connectivity index (χ2n) is 4.93. The van der Waals surface area contributed by atoms with E-state index in [9.17, 15) is 9.59 Å². The summed E-state index contributed by atoms with van der Waals surface area (Å²) in [7, 11) is 1.65. The molecule has 1 atom stereocenters. The molecule has 0 heterocycles. The molecule has 1 rings (SSSR count). The Morgan fingerprint density at radius 1 is 1.30 bits per heavy atom. The molecule has 5 heteroatoms. The van der Waals surface area contributed by atoms with Crippen molar-refractivity contribution in [1.82, 2.24) is 4.90 Å². The van der Waals surface area contributed by atoms with Crippen molar-refractivity contribution < 1.29 is 14.7 Å². The topological polar surface area (TPSA) is 57.6 Å². The van der Waals surface area contributed by atoms with Crippen molar-refractivity contribution in [2.75, 3.05) is 19.3 Å². The van der Waals surface area contributed by atoms with Gasteiger partial charge in [0.1, 0.15) is 0 Å². The third-order valence-corrected chi connectivity index (χ3v) is 4.01. The van der Waals surface area contributed by atoms with E-state index in [0.717, 1.165) is 4.90 Å². The molecule has 0 fully saturated rings. The van der Waals surface area contributed by atoms with Crippen molar-refractivity contribution in [3.05, 3.63) is 29.8 Å². The Hall–Kier alpha value is -1.49. The van der Waals surface area contributed by atoms with E-state index in [1.807, 2.05) is 31.2 Å². The summed E-state index contributed by atoms with van der Waals surface area (Å²) in [4.78, 5) is 25.2. The highest BCUT2D eigenvalue weighted by Gasteiger charge is 2.16. The Morgan fingerprint density at radius 2 is 1.90 bits per heavy atom. The number of carbonyl (C=O) groups excluding carboxylic acids is 1. The molecule has 1 aromatic carbocycles. The van der Waals surface area contributed by atoms with Crippen LogP contribution in [0.2, 0.25) is 0 Å². The maximum atomic E-state index is 11.9. The van der Waals surface area contributed by atoms with E-state index in [-0.39, 0.29) is 12.5 Å². The molecule has 1 N–H and O–H groups in total. The van der Waals surface area contributed by atoms with E-state index in [1.165, 1.54) is 10.5 Å². The largest absolute Gasteiger partial charge is 0.481 e. The molecule has 0 saturated heterocycles. The monoisotopic (exact) mass is 295 g/mol. The normalized spacial score (nSPS) is 11.9. The summed E-state index contributed by atoms with van der Waals surface area (Å²) in [5.74, 6) is -0.724. The molecule has 0 saturated carbocycles. The zero-order chi connectivity index (χ0) is 15.1. The van der Waals surface area contributed by atoms with E-state index in [0.29, 0.717) is 12.2 Å². The van der Waals surface area contributed by atoms with Gasteiger partial charge >= 0.3 is 5.97 Å². The number of thioether (sulfide) groups is 1. The summed E-state index contributed by atoms with van der Waals surface area (Å²) in [5, 5.41) is 8.82. The second kappa shape index (κ2) is 7.94. The van der Waals surface area contributed by atoms with Gasteiger partial charge in [0, 0.05) is 30.7 Å². The summed E-state index contributed by atoms with van der Waals surface area (Å²) in [6.45, 7) is 3.90. The minimum Gasteiger partial charge on any atom is -0.481 e. The third-order valence-electron chi connectivity index (χ3n) is 3.00. The molecular weight excluding hydrogens is 274 g/mol. The van der Waals surface area contributed by atoms with Crippen LogP contribution < -0.4 is 0 Å². The maximum Gasteiger partial charge on any atom is 0.308 e. The summed E-state index contributed by atoms with van der Waals surface area (Å²) in [6.07, 6.45) is 0.418. The average molecular weight is 295 g/mol. The lowest BCUT2D eigenvalue weighted by Gasteiger charge is -2.19. The predicted octanol–water partition coefficient (Wildman–Crippen LogP) is 2.66. The first-order chi connectivity index (χ1) is 9.40. The SMILES string of the molecule is Cc1ccc(SCCC(=O)N(C)CC(C)C(=O)O)cc1. The minimum atomic E-state index is -0.876. The Bertz CT molecular complexity index is 459. The first kappa shape index (κ1) is 16.6. The van der Waals surface area contributed by atoms with Crippen LogP contribution in [0.15, 0.2) is 29.2 Å². The molecule has 20 heavy (non-hydrogen) atoms. The molecule has 0 radical (unpaired) electrons. The summed E-state index contributed by atoms with van der Waals surface area (Å²) in [6, 6.07) is 8.18. The van der Waals surface area contributed by atoms with Gasteiger partial charge in [0.2, 0.25) is 5.91 Å². The highest BCUT2D eigenvalue weighted by atomic mass is 32.2. The van der Waals surface area contributed by atoms with Crippen molar-refractivity contribution in [2.45, 2.75) is 25.2 Å². The van der Waals surface area contributed by atoms with Crippen molar-refractivity contribution >= 4 is 23.6 Å². The van der Waals surface area contributed by atoms with Crippen LogP contribution in [0.5, 0.6) is 0 Å². The standard InChI is InChI=1S/C15H21NO3S/c1-11-4-6-13(7-5-11)20-9-8-14(17)16(3)10-12(2)15(18)19/h4-7,12H,8-10H2,1-3H3,(H,18,19). The fraction of sp³-hybridized carbons (Fsp3) is 0.467. The summed E-state index contributed by atoms with van der Waals surface area (Å²) in [5.41, 5.74) is 1.22. The van der Waals surface area contributed by atoms with Gasteiger partial charge in [0.05, 0.1) is 5.92 Å². The van der Waals surface area contributed by atoms with Gasteiger partial charge in [0.15, 0.2) is 0 Å². The van der Waals surface area contributed by atoms with Gasteiger partial charge in [-0.3, -0.25) is 9.59 Å². The number of carboxylic acid groups (broad SMARTS) is 1. The van der Waals surface area contributed by atoms with Crippen molar-refractivity contribution in [2.24, 2.45) is 5.92 Å². The molecule has 4 nitrogen and oxygen atoms in total. The van der Waals surface area contributed by atoms with Gasteiger partial charge in [-0.15, -0.1) is 11.8 Å². The molecule has 0 aromatic heterocycles. The van der Waals surface area contributed by atoms with Crippen molar-refractivity contribution in [1.29, 1.82) is 0 Å². The van der Waals surface area contributed by atoms with Gasteiger partial charge in [-0.05, 0) is 19.1 Å². The zero-order valence-corrected chi connectivity index (χ0v) is 12.9. The molecular formula is C15H21NO3S. The molecule has 0 aliphatic rings. The number of aliphatic carboxylic acids is 1.